The fourth-order valence-electron chi connectivity index (χ4n) is 2.46. The number of hydrogen-bond acceptors (Lipinski definition) is 5. The molecule has 0 aliphatic carbocycles. The van der Waals surface area contributed by atoms with Gasteiger partial charge < -0.3 is 10.1 Å². The summed E-state index contributed by atoms with van der Waals surface area (Å²) in [5.41, 5.74) is 1.76. The molecule has 1 heterocycles. The molecule has 3 aromatic rings. The van der Waals surface area contributed by atoms with Crippen LogP contribution < -0.4 is 10.1 Å². The minimum absolute atomic E-state index is 0.0474. The van der Waals surface area contributed by atoms with Crippen LogP contribution in [0.4, 0.5) is 5.69 Å². The third-order valence-electron chi connectivity index (χ3n) is 4.12. The zero-order chi connectivity index (χ0) is 17.8. The number of nitrogens with one attached hydrogen (secondary N) is 1. The van der Waals surface area contributed by atoms with Crippen molar-refractivity contribution in [1.29, 1.82) is 0 Å². The average molecular weight is 355 g/mol. The van der Waals surface area contributed by atoms with E-state index in [1.165, 1.54) is 4.70 Å². The maximum atomic E-state index is 12.5. The molecule has 5 nitrogen and oxygen atoms in total. The molecule has 0 aliphatic rings. The summed E-state index contributed by atoms with van der Waals surface area (Å²) in [7, 11) is 3.55. The molecule has 0 saturated heterocycles. The number of nitrogens with zero attached hydrogens (tertiary/aromatic N) is 2. The molecule has 0 aliphatic heterocycles. The van der Waals surface area contributed by atoms with E-state index >= 15 is 0 Å². The Hall–Kier alpha value is -2.44. The molecule has 0 spiro atoms. The average Bonchev–Trinajstić information content (AvgIpc) is 3.03. The van der Waals surface area contributed by atoms with E-state index in [9.17, 15) is 4.79 Å². The molecule has 130 valence electrons. The van der Waals surface area contributed by atoms with Gasteiger partial charge in [0.25, 0.3) is 0 Å². The van der Waals surface area contributed by atoms with Crippen LogP contribution in [0.15, 0.2) is 48.5 Å². The van der Waals surface area contributed by atoms with Gasteiger partial charge in [-0.3, -0.25) is 9.69 Å². The molecule has 3 rings (SSSR count). The number of rotatable bonds is 6. The molecule has 1 aromatic heterocycles. The lowest BCUT2D eigenvalue weighted by molar-refractivity contribution is -0.120. The Bertz CT molecular complexity index is 827. The van der Waals surface area contributed by atoms with E-state index in [-0.39, 0.29) is 11.9 Å². The SMILES string of the molecule is COc1ccc(NC(=O)[C@H](C)N(C)Cc2nc3ccccc3s2)cc1. The number of aromatic nitrogens is 1. The number of anilines is 1. The Morgan fingerprint density at radius 1 is 1.24 bits per heavy atom. The Morgan fingerprint density at radius 2 is 1.96 bits per heavy atom. The van der Waals surface area contributed by atoms with E-state index in [1.54, 1.807) is 18.4 Å². The monoisotopic (exact) mass is 355 g/mol. The maximum absolute atomic E-state index is 12.5. The first-order valence-electron chi connectivity index (χ1n) is 8.06. The molecule has 0 bridgehead atoms. The second-order valence-electron chi connectivity index (χ2n) is 5.88. The molecule has 1 amide bonds. The number of fused-ring (bicyclic) bond motifs is 1. The lowest BCUT2D eigenvalue weighted by Crippen LogP contribution is -2.39. The lowest BCUT2D eigenvalue weighted by atomic mass is 10.2. The van der Waals surface area contributed by atoms with E-state index in [0.717, 1.165) is 22.0 Å². The van der Waals surface area contributed by atoms with Gasteiger partial charge >= 0.3 is 0 Å². The van der Waals surface area contributed by atoms with Crippen LogP contribution in [-0.4, -0.2) is 36.0 Å². The van der Waals surface area contributed by atoms with Crippen molar-refractivity contribution in [3.8, 4) is 5.75 Å². The minimum atomic E-state index is -0.269. The minimum Gasteiger partial charge on any atom is -0.497 e. The fraction of sp³-hybridized carbons (Fsp3) is 0.263. The normalized spacial score (nSPS) is 12.3. The van der Waals surface area contributed by atoms with Crippen LogP contribution >= 0.6 is 11.3 Å². The predicted octanol–water partition coefficient (Wildman–Crippen LogP) is 3.76. The highest BCUT2D eigenvalue weighted by molar-refractivity contribution is 7.18. The van der Waals surface area contributed by atoms with E-state index in [2.05, 4.69) is 16.4 Å². The Balaban J connectivity index is 1.62. The summed E-state index contributed by atoms with van der Waals surface area (Å²) in [5.74, 6) is 0.716. The van der Waals surface area contributed by atoms with E-state index < -0.39 is 0 Å². The number of hydrogen-bond donors (Lipinski definition) is 1. The second kappa shape index (κ2) is 7.63. The summed E-state index contributed by atoms with van der Waals surface area (Å²) in [4.78, 5) is 19.1. The van der Waals surface area contributed by atoms with Gasteiger partial charge in [-0.05, 0) is 50.4 Å². The Kier molecular flexibility index (Phi) is 5.31. The molecule has 2 aromatic carbocycles. The molecule has 25 heavy (non-hydrogen) atoms. The molecule has 0 radical (unpaired) electrons. The van der Waals surface area contributed by atoms with Crippen molar-refractivity contribution < 1.29 is 9.53 Å². The van der Waals surface area contributed by atoms with Crippen molar-refractivity contribution in [2.45, 2.75) is 19.5 Å². The smallest absolute Gasteiger partial charge is 0.241 e. The summed E-state index contributed by atoms with van der Waals surface area (Å²) >= 11 is 1.66. The number of thiazole rings is 1. The summed E-state index contributed by atoms with van der Waals surface area (Å²) in [6.07, 6.45) is 0. The molecule has 6 heteroatoms. The topological polar surface area (TPSA) is 54.5 Å². The van der Waals surface area contributed by atoms with Crippen molar-refractivity contribution in [2.24, 2.45) is 0 Å². The van der Waals surface area contributed by atoms with Crippen LogP contribution in [0.5, 0.6) is 5.75 Å². The number of benzene rings is 2. The van der Waals surface area contributed by atoms with Crippen LogP contribution in [0.1, 0.15) is 11.9 Å². The van der Waals surface area contributed by atoms with Crippen molar-refractivity contribution >= 4 is 33.1 Å². The molecule has 1 atom stereocenters. The molecule has 1 N–H and O–H groups in total. The number of carbonyl (C=O) groups excluding carboxylic acids is 1. The van der Waals surface area contributed by atoms with Gasteiger partial charge in [0, 0.05) is 5.69 Å². The maximum Gasteiger partial charge on any atom is 0.241 e. The van der Waals surface area contributed by atoms with E-state index in [1.807, 2.05) is 61.3 Å². The Labute approximate surface area is 151 Å². The van der Waals surface area contributed by atoms with Crippen LogP contribution in [0, 0.1) is 0 Å². The highest BCUT2D eigenvalue weighted by Gasteiger charge is 2.19. The summed E-state index contributed by atoms with van der Waals surface area (Å²) in [6, 6.07) is 15.1. The quantitative estimate of drug-likeness (QED) is 0.731. The number of amides is 1. The number of methoxy groups -OCH3 is 1. The van der Waals surface area contributed by atoms with Gasteiger partial charge in [-0.25, -0.2) is 4.98 Å². The van der Waals surface area contributed by atoms with Crippen molar-refractivity contribution in [3.63, 3.8) is 0 Å². The largest absolute Gasteiger partial charge is 0.497 e. The standard InChI is InChI=1S/C19H21N3O2S/c1-13(19(23)20-14-8-10-15(24-3)11-9-14)22(2)12-18-21-16-6-4-5-7-17(16)25-18/h4-11,13H,12H2,1-3H3,(H,20,23)/t13-/m0/s1. The highest BCUT2D eigenvalue weighted by atomic mass is 32.1. The Morgan fingerprint density at radius 3 is 2.64 bits per heavy atom. The zero-order valence-electron chi connectivity index (χ0n) is 14.5. The van der Waals surface area contributed by atoms with Crippen LogP contribution in [0.3, 0.4) is 0 Å². The first kappa shape index (κ1) is 17.4. The summed E-state index contributed by atoms with van der Waals surface area (Å²) < 4.78 is 6.29. The van der Waals surface area contributed by atoms with E-state index in [0.29, 0.717) is 6.54 Å². The predicted molar refractivity (Wildman–Crippen MR) is 102 cm³/mol. The van der Waals surface area contributed by atoms with Gasteiger partial charge in [0.05, 0.1) is 29.9 Å². The summed E-state index contributed by atoms with van der Waals surface area (Å²) in [5, 5.41) is 3.94. The van der Waals surface area contributed by atoms with Gasteiger partial charge in [0.15, 0.2) is 0 Å². The van der Waals surface area contributed by atoms with Crippen molar-refractivity contribution in [3.05, 3.63) is 53.5 Å². The van der Waals surface area contributed by atoms with Gasteiger partial charge in [-0.15, -0.1) is 11.3 Å². The molecular formula is C19H21N3O2S. The van der Waals surface area contributed by atoms with Crippen LogP contribution in [0.2, 0.25) is 0 Å². The third-order valence-corrected chi connectivity index (χ3v) is 5.14. The number of carbonyl (C=O) groups is 1. The first-order chi connectivity index (χ1) is 12.1. The zero-order valence-corrected chi connectivity index (χ0v) is 15.3. The van der Waals surface area contributed by atoms with Crippen LogP contribution in [0.25, 0.3) is 10.2 Å². The highest BCUT2D eigenvalue weighted by Crippen LogP contribution is 2.23. The third kappa shape index (κ3) is 4.15. The van der Waals surface area contributed by atoms with Gasteiger partial charge in [0.2, 0.25) is 5.91 Å². The lowest BCUT2D eigenvalue weighted by Gasteiger charge is -2.22. The van der Waals surface area contributed by atoms with Gasteiger partial charge in [-0.1, -0.05) is 12.1 Å². The first-order valence-corrected chi connectivity index (χ1v) is 8.88. The molecule has 0 saturated carbocycles. The van der Waals surface area contributed by atoms with Crippen LogP contribution in [-0.2, 0) is 11.3 Å². The molecule has 0 fully saturated rings. The van der Waals surface area contributed by atoms with Crippen molar-refractivity contribution in [1.82, 2.24) is 9.88 Å². The van der Waals surface area contributed by atoms with Crippen molar-refractivity contribution in [2.75, 3.05) is 19.5 Å². The summed E-state index contributed by atoms with van der Waals surface area (Å²) in [6.45, 7) is 2.53. The number of para-hydroxylation sites is 1. The van der Waals surface area contributed by atoms with E-state index in [4.69, 9.17) is 4.74 Å². The van der Waals surface area contributed by atoms with Gasteiger partial charge in [0.1, 0.15) is 10.8 Å². The molecule has 0 unspecified atom stereocenters. The number of likely N-dealkylation sites (N-methyl/N-ethyl adjacent to an activating group) is 1. The van der Waals surface area contributed by atoms with Gasteiger partial charge in [-0.2, -0.15) is 0 Å². The fourth-order valence-corrected chi connectivity index (χ4v) is 3.49. The second-order valence-corrected chi connectivity index (χ2v) is 7.00. The number of ether oxygens (including phenoxy) is 1. The molecular weight excluding hydrogens is 334 g/mol.